The van der Waals surface area contributed by atoms with Crippen molar-refractivity contribution in [2.45, 2.75) is 50.1 Å². The summed E-state index contributed by atoms with van der Waals surface area (Å²) < 4.78 is 27.4. The van der Waals surface area contributed by atoms with Gasteiger partial charge in [-0.25, -0.2) is 8.42 Å². The van der Waals surface area contributed by atoms with Crippen LogP contribution in [0.3, 0.4) is 0 Å². The Balaban J connectivity index is 1.58. The average Bonchev–Trinajstić information content (AvgIpc) is 2.79. The molecule has 1 fully saturated rings. The van der Waals surface area contributed by atoms with E-state index in [4.69, 9.17) is 0 Å². The van der Waals surface area contributed by atoms with E-state index in [1.807, 2.05) is 30.3 Å². The van der Waals surface area contributed by atoms with Crippen molar-refractivity contribution < 1.29 is 22.8 Å². The topological polar surface area (TPSA) is 125 Å². The number of hydrogen-bond donors (Lipinski definition) is 3. The minimum atomic E-state index is -3.68. The maximum absolute atomic E-state index is 13.0. The van der Waals surface area contributed by atoms with E-state index in [1.54, 1.807) is 12.1 Å². The van der Waals surface area contributed by atoms with Crippen LogP contribution in [0.25, 0.3) is 0 Å². The first kappa shape index (κ1) is 25.4. The molecule has 3 rings (SSSR count). The van der Waals surface area contributed by atoms with Crippen molar-refractivity contribution in [3.8, 4) is 0 Å². The summed E-state index contributed by atoms with van der Waals surface area (Å²) in [5, 5.41) is 8.28. The molecule has 1 aliphatic heterocycles. The molecule has 0 spiro atoms. The second-order valence-corrected chi connectivity index (χ2v) is 10.3. The number of hydrogen-bond acceptors (Lipinski definition) is 5. The lowest BCUT2D eigenvalue weighted by atomic mass is 10.0. The molecule has 1 atom stereocenters. The van der Waals surface area contributed by atoms with Crippen molar-refractivity contribution in [1.29, 1.82) is 0 Å². The summed E-state index contributed by atoms with van der Waals surface area (Å²) in [6, 6.07) is 14.6. The largest absolute Gasteiger partial charge is 0.351 e. The van der Waals surface area contributed by atoms with Crippen LogP contribution in [0.5, 0.6) is 0 Å². The predicted octanol–water partition coefficient (Wildman–Crippen LogP) is 1.66. The Morgan fingerprint density at radius 1 is 0.941 bits per heavy atom. The molecule has 0 bridgehead atoms. The second-order valence-electron chi connectivity index (χ2n) is 8.34. The number of carbonyl (C=O) groups excluding carboxylic acids is 3. The zero-order valence-corrected chi connectivity index (χ0v) is 20.1. The highest BCUT2D eigenvalue weighted by Gasteiger charge is 2.31. The Hall–Kier alpha value is -3.24. The van der Waals surface area contributed by atoms with Gasteiger partial charge in [0, 0.05) is 45.1 Å². The number of carbonyl (C=O) groups is 3. The third-order valence-electron chi connectivity index (χ3n) is 5.59. The van der Waals surface area contributed by atoms with Crippen LogP contribution in [0.1, 0.15) is 32.3 Å². The predicted molar refractivity (Wildman–Crippen MR) is 128 cm³/mol. The summed E-state index contributed by atoms with van der Waals surface area (Å²) in [7, 11) is -3.68. The Morgan fingerprint density at radius 3 is 2.12 bits per heavy atom. The van der Waals surface area contributed by atoms with Gasteiger partial charge in [0.05, 0.1) is 4.90 Å². The molecule has 182 valence electrons. The van der Waals surface area contributed by atoms with Gasteiger partial charge in [-0.2, -0.15) is 4.31 Å². The SMILES string of the molecule is CC(=O)Nc1ccc(S(=O)(=O)N2CCC(NC(=O)C(Cc3ccccc3)NC(C)=O)CC2)cc1. The molecule has 0 aromatic heterocycles. The number of benzene rings is 2. The summed E-state index contributed by atoms with van der Waals surface area (Å²) in [5.41, 5.74) is 1.46. The lowest BCUT2D eigenvalue weighted by Gasteiger charge is -2.32. The molecule has 1 heterocycles. The summed E-state index contributed by atoms with van der Waals surface area (Å²) in [6.07, 6.45) is 1.30. The van der Waals surface area contributed by atoms with Crippen LogP contribution >= 0.6 is 0 Å². The summed E-state index contributed by atoms with van der Waals surface area (Å²) in [6.45, 7) is 3.29. The van der Waals surface area contributed by atoms with Gasteiger partial charge in [0.15, 0.2) is 0 Å². The van der Waals surface area contributed by atoms with Crippen molar-refractivity contribution in [2.24, 2.45) is 0 Å². The maximum atomic E-state index is 13.0. The summed E-state index contributed by atoms with van der Waals surface area (Å²) in [5.74, 6) is -0.806. The van der Waals surface area contributed by atoms with E-state index in [9.17, 15) is 22.8 Å². The first-order valence-corrected chi connectivity index (χ1v) is 12.6. The molecule has 2 aromatic rings. The van der Waals surface area contributed by atoms with Gasteiger partial charge in [-0.3, -0.25) is 14.4 Å². The minimum absolute atomic E-state index is 0.151. The van der Waals surface area contributed by atoms with E-state index in [0.717, 1.165) is 5.56 Å². The number of amides is 3. The Kier molecular flexibility index (Phi) is 8.41. The Morgan fingerprint density at radius 2 is 1.56 bits per heavy atom. The lowest BCUT2D eigenvalue weighted by molar-refractivity contribution is -0.128. The van der Waals surface area contributed by atoms with Gasteiger partial charge in [0.2, 0.25) is 27.7 Å². The molecule has 34 heavy (non-hydrogen) atoms. The number of rotatable bonds is 8. The summed E-state index contributed by atoms with van der Waals surface area (Å²) in [4.78, 5) is 35.8. The number of sulfonamides is 1. The van der Waals surface area contributed by atoms with E-state index >= 15 is 0 Å². The van der Waals surface area contributed by atoms with Gasteiger partial charge in [-0.1, -0.05) is 30.3 Å². The molecule has 0 saturated carbocycles. The molecule has 3 amide bonds. The van der Waals surface area contributed by atoms with Gasteiger partial charge in [0.1, 0.15) is 6.04 Å². The second kappa shape index (κ2) is 11.3. The average molecular weight is 487 g/mol. The summed E-state index contributed by atoms with van der Waals surface area (Å²) >= 11 is 0. The molecule has 1 saturated heterocycles. The van der Waals surface area contributed by atoms with Crippen molar-refractivity contribution >= 4 is 33.4 Å². The first-order valence-electron chi connectivity index (χ1n) is 11.1. The molecule has 0 aliphatic carbocycles. The number of nitrogens with one attached hydrogen (secondary N) is 3. The molecule has 10 heteroatoms. The highest BCUT2D eigenvalue weighted by Crippen LogP contribution is 2.22. The van der Waals surface area contributed by atoms with Crippen LogP contribution in [0, 0.1) is 0 Å². The fourth-order valence-electron chi connectivity index (χ4n) is 3.91. The van der Waals surface area contributed by atoms with Crippen molar-refractivity contribution in [3.05, 3.63) is 60.2 Å². The van der Waals surface area contributed by atoms with E-state index in [0.29, 0.717) is 24.9 Å². The fourth-order valence-corrected chi connectivity index (χ4v) is 5.38. The normalized spacial score (nSPS) is 15.8. The van der Waals surface area contributed by atoms with Gasteiger partial charge in [-0.15, -0.1) is 0 Å². The van der Waals surface area contributed by atoms with Gasteiger partial charge < -0.3 is 16.0 Å². The Bertz CT molecular complexity index is 1110. The third kappa shape index (κ3) is 6.88. The van der Waals surface area contributed by atoms with Gasteiger partial charge >= 0.3 is 0 Å². The molecule has 1 aliphatic rings. The molecular weight excluding hydrogens is 456 g/mol. The van der Waals surface area contributed by atoms with Crippen LogP contribution in [0.15, 0.2) is 59.5 Å². The number of anilines is 1. The van der Waals surface area contributed by atoms with E-state index in [1.165, 1.54) is 30.3 Å². The zero-order valence-electron chi connectivity index (χ0n) is 19.3. The van der Waals surface area contributed by atoms with Crippen LogP contribution in [0.4, 0.5) is 5.69 Å². The van der Waals surface area contributed by atoms with Crippen LogP contribution in [-0.4, -0.2) is 55.6 Å². The smallest absolute Gasteiger partial charge is 0.243 e. The first-order chi connectivity index (χ1) is 16.1. The Labute approximate surface area is 200 Å². The lowest BCUT2D eigenvalue weighted by Crippen LogP contribution is -2.53. The maximum Gasteiger partial charge on any atom is 0.243 e. The molecule has 1 unspecified atom stereocenters. The van der Waals surface area contributed by atoms with Gasteiger partial charge in [-0.05, 0) is 42.7 Å². The number of nitrogens with zero attached hydrogens (tertiary/aromatic N) is 1. The zero-order chi connectivity index (χ0) is 24.7. The molecule has 0 radical (unpaired) electrons. The molecular formula is C24H30N4O5S. The molecule has 3 N–H and O–H groups in total. The standard InChI is InChI=1S/C24H30N4O5S/c1-17(29)25-20-8-10-22(11-9-20)34(32,33)28-14-12-21(13-15-28)27-24(31)23(26-18(2)30)16-19-6-4-3-5-7-19/h3-11,21,23H,12-16H2,1-2H3,(H,25,29)(H,26,30)(H,27,31). The minimum Gasteiger partial charge on any atom is -0.351 e. The van der Waals surface area contributed by atoms with Crippen molar-refractivity contribution in [3.63, 3.8) is 0 Å². The van der Waals surface area contributed by atoms with E-state index < -0.39 is 16.1 Å². The highest BCUT2D eigenvalue weighted by molar-refractivity contribution is 7.89. The molecule has 2 aromatic carbocycles. The fraction of sp³-hybridized carbons (Fsp3) is 0.375. The van der Waals surface area contributed by atoms with Crippen LogP contribution in [-0.2, 0) is 30.8 Å². The third-order valence-corrected chi connectivity index (χ3v) is 7.50. The van der Waals surface area contributed by atoms with E-state index in [-0.39, 0.29) is 41.7 Å². The van der Waals surface area contributed by atoms with Gasteiger partial charge in [0.25, 0.3) is 0 Å². The van der Waals surface area contributed by atoms with Crippen molar-refractivity contribution in [2.75, 3.05) is 18.4 Å². The van der Waals surface area contributed by atoms with E-state index in [2.05, 4.69) is 16.0 Å². The van der Waals surface area contributed by atoms with Crippen LogP contribution < -0.4 is 16.0 Å². The monoisotopic (exact) mass is 486 g/mol. The highest BCUT2D eigenvalue weighted by atomic mass is 32.2. The number of piperidine rings is 1. The quantitative estimate of drug-likeness (QED) is 0.523. The molecule has 9 nitrogen and oxygen atoms in total. The van der Waals surface area contributed by atoms with Crippen LogP contribution in [0.2, 0.25) is 0 Å². The van der Waals surface area contributed by atoms with Crippen molar-refractivity contribution in [1.82, 2.24) is 14.9 Å².